The number of fused-ring (bicyclic) bond motifs is 1. The highest BCUT2D eigenvalue weighted by atomic mass is 16.5. The first-order valence-electron chi connectivity index (χ1n) is 8.73. The van der Waals surface area contributed by atoms with Gasteiger partial charge in [-0.05, 0) is 37.5 Å². The Morgan fingerprint density at radius 3 is 2.00 bits per heavy atom. The Labute approximate surface area is 148 Å². The van der Waals surface area contributed by atoms with Gasteiger partial charge in [0.2, 0.25) is 0 Å². The molecule has 6 nitrogen and oxygen atoms in total. The van der Waals surface area contributed by atoms with E-state index >= 15 is 0 Å². The Morgan fingerprint density at radius 1 is 0.960 bits per heavy atom. The molecule has 2 unspecified atom stereocenters. The van der Waals surface area contributed by atoms with E-state index in [9.17, 15) is 9.90 Å². The number of carbonyl (C=O) groups is 1. The van der Waals surface area contributed by atoms with E-state index in [1.807, 2.05) is 11.9 Å². The summed E-state index contributed by atoms with van der Waals surface area (Å²) >= 11 is 0. The second-order valence-electron chi connectivity index (χ2n) is 7.09. The molecule has 25 heavy (non-hydrogen) atoms. The molecule has 138 valence electrons. The molecule has 1 N–H and O–H groups in total. The zero-order valence-electron chi connectivity index (χ0n) is 15.3. The lowest BCUT2D eigenvalue weighted by atomic mass is 10.0. The van der Waals surface area contributed by atoms with E-state index in [-0.39, 0.29) is 18.1 Å². The number of ether oxygens (including phenoxy) is 3. The number of carbonyl (C=O) groups excluding carboxylic acids is 1. The number of hydrogen-bond acceptors (Lipinski definition) is 5. The Balaban J connectivity index is 1.80. The minimum absolute atomic E-state index is 0.0803. The van der Waals surface area contributed by atoms with Crippen molar-refractivity contribution in [3.8, 4) is 17.2 Å². The average molecular weight is 349 g/mol. The first-order valence-corrected chi connectivity index (χ1v) is 8.73. The molecule has 1 aromatic carbocycles. The number of nitrogens with zero attached hydrogens (tertiary/aromatic N) is 1. The van der Waals surface area contributed by atoms with Crippen molar-refractivity contribution in [1.29, 1.82) is 0 Å². The number of methoxy groups -OCH3 is 3. The third kappa shape index (κ3) is 3.27. The molecule has 4 atom stereocenters. The summed E-state index contributed by atoms with van der Waals surface area (Å²) in [5, 5.41) is 9.80. The largest absolute Gasteiger partial charge is 0.496 e. The van der Waals surface area contributed by atoms with Crippen LogP contribution >= 0.6 is 0 Å². The van der Waals surface area contributed by atoms with Gasteiger partial charge in [-0.15, -0.1) is 0 Å². The normalized spacial score (nSPS) is 27.7. The summed E-state index contributed by atoms with van der Waals surface area (Å²) < 4.78 is 16.0. The molecular weight excluding hydrogens is 322 g/mol. The van der Waals surface area contributed by atoms with Gasteiger partial charge >= 0.3 is 0 Å². The highest BCUT2D eigenvalue weighted by Gasteiger charge is 2.43. The van der Waals surface area contributed by atoms with Gasteiger partial charge in [0.05, 0.1) is 33.0 Å². The molecule has 1 amide bonds. The molecular formula is C19H27NO5. The van der Waals surface area contributed by atoms with Gasteiger partial charge in [0.1, 0.15) is 5.75 Å². The molecule has 2 fully saturated rings. The number of amides is 1. The molecule has 0 aliphatic heterocycles. The summed E-state index contributed by atoms with van der Waals surface area (Å²) in [6.45, 7) is 0. The Morgan fingerprint density at radius 2 is 1.48 bits per heavy atom. The van der Waals surface area contributed by atoms with Crippen LogP contribution in [0.5, 0.6) is 17.2 Å². The lowest BCUT2D eigenvalue weighted by molar-refractivity contribution is 0.0718. The van der Waals surface area contributed by atoms with Crippen molar-refractivity contribution >= 4 is 5.91 Å². The fourth-order valence-electron chi connectivity index (χ4n) is 4.42. The van der Waals surface area contributed by atoms with Gasteiger partial charge in [0, 0.05) is 25.2 Å². The van der Waals surface area contributed by atoms with Gasteiger partial charge in [-0.3, -0.25) is 4.79 Å². The summed E-state index contributed by atoms with van der Waals surface area (Å²) in [5.41, 5.74) is 0.472. The first kappa shape index (κ1) is 17.9. The maximum absolute atomic E-state index is 13.1. The molecule has 6 heteroatoms. The molecule has 2 aliphatic carbocycles. The molecule has 0 aromatic heterocycles. The van der Waals surface area contributed by atoms with Crippen molar-refractivity contribution < 1.29 is 24.1 Å². The van der Waals surface area contributed by atoms with E-state index in [1.54, 1.807) is 33.5 Å². The van der Waals surface area contributed by atoms with Crippen molar-refractivity contribution in [1.82, 2.24) is 4.90 Å². The highest BCUT2D eigenvalue weighted by molar-refractivity contribution is 5.98. The second kappa shape index (κ2) is 7.12. The van der Waals surface area contributed by atoms with Crippen LogP contribution in [-0.4, -0.2) is 56.4 Å². The molecule has 0 radical (unpaired) electrons. The molecule has 0 saturated heterocycles. The monoisotopic (exact) mass is 349 g/mol. The zero-order valence-corrected chi connectivity index (χ0v) is 15.3. The number of benzene rings is 1. The second-order valence-corrected chi connectivity index (χ2v) is 7.09. The molecule has 1 aromatic rings. The van der Waals surface area contributed by atoms with Crippen molar-refractivity contribution in [2.45, 2.75) is 37.8 Å². The van der Waals surface area contributed by atoms with Crippen molar-refractivity contribution in [3.05, 3.63) is 17.7 Å². The predicted octanol–water partition coefficient (Wildman–Crippen LogP) is 2.33. The topological polar surface area (TPSA) is 68.2 Å². The van der Waals surface area contributed by atoms with E-state index in [0.29, 0.717) is 34.6 Å². The van der Waals surface area contributed by atoms with Crippen LogP contribution in [0.2, 0.25) is 0 Å². The van der Waals surface area contributed by atoms with Crippen LogP contribution in [0.25, 0.3) is 0 Å². The van der Waals surface area contributed by atoms with Crippen LogP contribution in [0.3, 0.4) is 0 Å². The Hall–Kier alpha value is -1.95. The first-order chi connectivity index (χ1) is 12.0. The summed E-state index contributed by atoms with van der Waals surface area (Å²) in [6.07, 6.45) is 3.48. The van der Waals surface area contributed by atoms with E-state index in [2.05, 4.69) is 0 Å². The number of aliphatic hydroxyl groups is 1. The highest BCUT2D eigenvalue weighted by Crippen LogP contribution is 2.46. The number of aliphatic hydroxyl groups excluding tert-OH is 1. The van der Waals surface area contributed by atoms with Gasteiger partial charge < -0.3 is 24.2 Å². The summed E-state index contributed by atoms with van der Waals surface area (Å²) in [7, 11) is 6.49. The predicted molar refractivity (Wildman–Crippen MR) is 93.4 cm³/mol. The smallest absolute Gasteiger partial charge is 0.257 e. The number of rotatable bonds is 5. The van der Waals surface area contributed by atoms with E-state index in [1.165, 1.54) is 0 Å². The SMILES string of the molecule is COc1cc(OC)c(C(=O)N(C)C2C[C@H]3CC(O)C[C@H]3C2)cc1OC. The Bertz CT molecular complexity index is 633. The minimum atomic E-state index is -0.164. The fourth-order valence-corrected chi connectivity index (χ4v) is 4.42. The maximum Gasteiger partial charge on any atom is 0.257 e. The standard InChI is InChI=1S/C19H27NO5/c1-20(13-5-11-7-14(21)8-12(11)6-13)19(22)15-9-17(24-3)18(25-4)10-16(15)23-2/h9-14,21H,5-8H2,1-4H3/t11-,12+,13?,14?. The zero-order chi connectivity index (χ0) is 18.1. The van der Waals surface area contributed by atoms with Crippen LogP contribution in [0.1, 0.15) is 36.0 Å². The molecule has 0 spiro atoms. The molecule has 0 bridgehead atoms. The molecule has 3 rings (SSSR count). The summed E-state index contributed by atoms with van der Waals surface area (Å²) in [5.74, 6) is 2.49. The Kier molecular flexibility index (Phi) is 5.08. The van der Waals surface area contributed by atoms with Crippen LogP contribution < -0.4 is 14.2 Å². The minimum Gasteiger partial charge on any atom is -0.496 e. The van der Waals surface area contributed by atoms with Gasteiger partial charge in [-0.25, -0.2) is 0 Å². The molecule has 2 aliphatic rings. The van der Waals surface area contributed by atoms with Crippen LogP contribution in [-0.2, 0) is 0 Å². The average Bonchev–Trinajstić information content (AvgIpc) is 3.16. The maximum atomic E-state index is 13.1. The summed E-state index contributed by atoms with van der Waals surface area (Å²) in [6, 6.07) is 3.56. The third-order valence-corrected chi connectivity index (χ3v) is 5.77. The quantitative estimate of drug-likeness (QED) is 0.884. The third-order valence-electron chi connectivity index (χ3n) is 5.77. The number of hydrogen-bond donors (Lipinski definition) is 1. The van der Waals surface area contributed by atoms with Gasteiger partial charge in [0.15, 0.2) is 11.5 Å². The molecule has 2 saturated carbocycles. The van der Waals surface area contributed by atoms with Gasteiger partial charge in [-0.1, -0.05) is 0 Å². The van der Waals surface area contributed by atoms with Crippen LogP contribution in [0.15, 0.2) is 12.1 Å². The van der Waals surface area contributed by atoms with E-state index in [4.69, 9.17) is 14.2 Å². The molecule has 0 heterocycles. The lowest BCUT2D eigenvalue weighted by Gasteiger charge is -2.26. The van der Waals surface area contributed by atoms with Gasteiger partial charge in [-0.2, -0.15) is 0 Å². The van der Waals surface area contributed by atoms with Crippen molar-refractivity contribution in [3.63, 3.8) is 0 Å². The lowest BCUT2D eigenvalue weighted by Crippen LogP contribution is -2.36. The van der Waals surface area contributed by atoms with Crippen molar-refractivity contribution in [2.24, 2.45) is 11.8 Å². The van der Waals surface area contributed by atoms with Crippen molar-refractivity contribution in [2.75, 3.05) is 28.4 Å². The van der Waals surface area contributed by atoms with Gasteiger partial charge in [0.25, 0.3) is 5.91 Å². The summed E-state index contributed by atoms with van der Waals surface area (Å²) in [4.78, 5) is 14.9. The van der Waals surface area contributed by atoms with E-state index < -0.39 is 0 Å². The van der Waals surface area contributed by atoms with Crippen LogP contribution in [0, 0.1) is 11.8 Å². The fraction of sp³-hybridized carbons (Fsp3) is 0.632. The van der Waals surface area contributed by atoms with E-state index in [0.717, 1.165) is 25.7 Å². The van der Waals surface area contributed by atoms with Crippen LogP contribution in [0.4, 0.5) is 0 Å².